The molecule has 1 aliphatic rings. The van der Waals surface area contributed by atoms with Gasteiger partial charge < -0.3 is 10.1 Å². The lowest BCUT2D eigenvalue weighted by Gasteiger charge is -2.13. The molecule has 0 unspecified atom stereocenters. The van der Waals surface area contributed by atoms with E-state index in [9.17, 15) is 0 Å². The first-order valence-electron chi connectivity index (χ1n) is 4.88. The zero-order valence-electron chi connectivity index (χ0n) is 8.22. The van der Waals surface area contributed by atoms with Crippen molar-refractivity contribution in [1.29, 1.82) is 0 Å². The number of hydrogen-bond donors (Lipinski definition) is 1. The predicted molar refractivity (Wildman–Crippen MR) is 65.7 cm³/mol. The van der Waals surface area contributed by atoms with Crippen molar-refractivity contribution in [2.75, 3.05) is 13.7 Å². The highest BCUT2D eigenvalue weighted by Crippen LogP contribution is 2.29. The van der Waals surface area contributed by atoms with Crippen LogP contribution >= 0.6 is 22.6 Å². The standard InChI is InChI=1S/C11H14INO/c1-14-8-4-5-9(10(12)7-8)11-3-2-6-13-11/h4-5,7,11,13H,2-3,6H2,1H3/t11-/m1/s1. The van der Waals surface area contributed by atoms with Crippen molar-refractivity contribution >= 4 is 22.6 Å². The normalized spacial score (nSPS) is 21.1. The molecule has 0 spiro atoms. The molecule has 1 fully saturated rings. The zero-order chi connectivity index (χ0) is 9.97. The molecular formula is C11H14INO. The zero-order valence-corrected chi connectivity index (χ0v) is 10.4. The minimum atomic E-state index is 0.549. The van der Waals surface area contributed by atoms with Crippen LogP contribution in [-0.4, -0.2) is 13.7 Å². The molecule has 0 bridgehead atoms. The molecule has 0 radical (unpaired) electrons. The van der Waals surface area contributed by atoms with Crippen molar-refractivity contribution in [3.05, 3.63) is 27.3 Å². The number of hydrogen-bond acceptors (Lipinski definition) is 2. The van der Waals surface area contributed by atoms with Crippen molar-refractivity contribution in [2.45, 2.75) is 18.9 Å². The van der Waals surface area contributed by atoms with Gasteiger partial charge in [-0.3, -0.25) is 0 Å². The highest BCUT2D eigenvalue weighted by molar-refractivity contribution is 14.1. The maximum absolute atomic E-state index is 5.19. The monoisotopic (exact) mass is 303 g/mol. The van der Waals surface area contributed by atoms with E-state index in [0.717, 1.165) is 12.3 Å². The Bertz CT molecular complexity index is 321. The van der Waals surface area contributed by atoms with Crippen LogP contribution in [0.1, 0.15) is 24.4 Å². The van der Waals surface area contributed by atoms with E-state index in [1.165, 1.54) is 22.0 Å². The van der Waals surface area contributed by atoms with E-state index in [4.69, 9.17) is 4.74 Å². The topological polar surface area (TPSA) is 21.3 Å². The molecule has 2 rings (SSSR count). The molecule has 3 heteroatoms. The van der Waals surface area contributed by atoms with Gasteiger partial charge in [0.1, 0.15) is 5.75 Å². The Morgan fingerprint density at radius 2 is 2.36 bits per heavy atom. The molecule has 1 aromatic rings. The maximum atomic E-state index is 5.19. The Balaban J connectivity index is 2.25. The molecule has 1 atom stereocenters. The fraction of sp³-hybridized carbons (Fsp3) is 0.455. The first-order valence-corrected chi connectivity index (χ1v) is 5.96. The highest BCUT2D eigenvalue weighted by Gasteiger charge is 2.18. The smallest absolute Gasteiger partial charge is 0.119 e. The lowest BCUT2D eigenvalue weighted by atomic mass is 10.1. The number of rotatable bonds is 2. The third-order valence-electron chi connectivity index (χ3n) is 2.64. The van der Waals surface area contributed by atoms with E-state index in [1.807, 2.05) is 6.07 Å². The van der Waals surface area contributed by atoms with Crippen LogP contribution in [0.3, 0.4) is 0 Å². The first kappa shape index (κ1) is 10.2. The summed E-state index contributed by atoms with van der Waals surface area (Å²) in [4.78, 5) is 0. The second-order valence-electron chi connectivity index (χ2n) is 3.54. The Labute approximate surface area is 98.2 Å². The van der Waals surface area contributed by atoms with E-state index < -0.39 is 0 Å². The molecule has 0 aromatic heterocycles. The van der Waals surface area contributed by atoms with Gasteiger partial charge in [0.2, 0.25) is 0 Å². The van der Waals surface area contributed by atoms with Gasteiger partial charge in [-0.15, -0.1) is 0 Å². The fourth-order valence-corrected chi connectivity index (χ4v) is 2.73. The molecule has 14 heavy (non-hydrogen) atoms. The molecule has 2 nitrogen and oxygen atoms in total. The Kier molecular flexibility index (Phi) is 3.28. The van der Waals surface area contributed by atoms with Gasteiger partial charge in [0.05, 0.1) is 7.11 Å². The predicted octanol–water partition coefficient (Wildman–Crippen LogP) is 2.72. The Hall–Kier alpha value is -0.290. The van der Waals surface area contributed by atoms with Gasteiger partial charge in [-0.2, -0.15) is 0 Å². The Morgan fingerprint density at radius 3 is 2.93 bits per heavy atom. The van der Waals surface area contributed by atoms with Crippen LogP contribution in [-0.2, 0) is 0 Å². The molecule has 1 aromatic carbocycles. The van der Waals surface area contributed by atoms with E-state index in [0.29, 0.717) is 6.04 Å². The van der Waals surface area contributed by atoms with Gasteiger partial charge in [-0.05, 0) is 59.7 Å². The minimum Gasteiger partial charge on any atom is -0.497 e. The van der Waals surface area contributed by atoms with Crippen molar-refractivity contribution in [2.24, 2.45) is 0 Å². The number of nitrogens with one attached hydrogen (secondary N) is 1. The quantitative estimate of drug-likeness (QED) is 0.848. The second kappa shape index (κ2) is 4.49. The molecule has 1 N–H and O–H groups in total. The summed E-state index contributed by atoms with van der Waals surface area (Å²) in [5.41, 5.74) is 1.41. The minimum absolute atomic E-state index is 0.549. The summed E-state index contributed by atoms with van der Waals surface area (Å²) in [5, 5.41) is 3.51. The van der Waals surface area contributed by atoms with E-state index in [1.54, 1.807) is 7.11 Å². The average molecular weight is 303 g/mol. The van der Waals surface area contributed by atoms with E-state index >= 15 is 0 Å². The van der Waals surface area contributed by atoms with Gasteiger partial charge >= 0.3 is 0 Å². The summed E-state index contributed by atoms with van der Waals surface area (Å²) < 4.78 is 6.48. The van der Waals surface area contributed by atoms with E-state index in [2.05, 4.69) is 40.0 Å². The molecule has 0 amide bonds. The van der Waals surface area contributed by atoms with Gasteiger partial charge in [0.25, 0.3) is 0 Å². The fourth-order valence-electron chi connectivity index (χ4n) is 1.87. The number of methoxy groups -OCH3 is 1. The van der Waals surface area contributed by atoms with Crippen molar-refractivity contribution < 1.29 is 4.74 Å². The summed E-state index contributed by atoms with van der Waals surface area (Å²) in [6.45, 7) is 1.15. The number of benzene rings is 1. The Morgan fingerprint density at radius 1 is 1.50 bits per heavy atom. The first-order chi connectivity index (χ1) is 6.81. The molecule has 0 aliphatic carbocycles. The number of halogens is 1. The summed E-state index contributed by atoms with van der Waals surface area (Å²) >= 11 is 2.38. The largest absolute Gasteiger partial charge is 0.497 e. The van der Waals surface area contributed by atoms with Crippen LogP contribution in [0, 0.1) is 3.57 Å². The summed E-state index contributed by atoms with van der Waals surface area (Å²) in [5.74, 6) is 0.941. The average Bonchev–Trinajstić information content (AvgIpc) is 2.70. The SMILES string of the molecule is COc1ccc([C@H]2CCCN2)c(I)c1. The molecular weight excluding hydrogens is 289 g/mol. The highest BCUT2D eigenvalue weighted by atomic mass is 127. The maximum Gasteiger partial charge on any atom is 0.119 e. The summed E-state index contributed by atoms with van der Waals surface area (Å²) in [6, 6.07) is 6.85. The van der Waals surface area contributed by atoms with Crippen LogP contribution in [0.15, 0.2) is 18.2 Å². The van der Waals surface area contributed by atoms with Crippen molar-refractivity contribution in [3.63, 3.8) is 0 Å². The molecule has 1 heterocycles. The van der Waals surface area contributed by atoms with Crippen LogP contribution in [0.2, 0.25) is 0 Å². The second-order valence-corrected chi connectivity index (χ2v) is 4.70. The van der Waals surface area contributed by atoms with Crippen LogP contribution in [0.4, 0.5) is 0 Å². The van der Waals surface area contributed by atoms with Crippen molar-refractivity contribution in [3.8, 4) is 5.75 Å². The van der Waals surface area contributed by atoms with Crippen molar-refractivity contribution in [1.82, 2.24) is 5.32 Å². The van der Waals surface area contributed by atoms with Gasteiger partial charge in [-0.1, -0.05) is 6.07 Å². The molecule has 1 saturated heterocycles. The van der Waals surface area contributed by atoms with Gasteiger partial charge in [-0.25, -0.2) is 0 Å². The lowest BCUT2D eigenvalue weighted by molar-refractivity contribution is 0.414. The van der Waals surface area contributed by atoms with Gasteiger partial charge in [0, 0.05) is 9.61 Å². The van der Waals surface area contributed by atoms with Crippen LogP contribution in [0.5, 0.6) is 5.75 Å². The third kappa shape index (κ3) is 2.03. The van der Waals surface area contributed by atoms with Crippen LogP contribution in [0.25, 0.3) is 0 Å². The van der Waals surface area contributed by atoms with E-state index in [-0.39, 0.29) is 0 Å². The molecule has 1 aliphatic heterocycles. The summed E-state index contributed by atoms with van der Waals surface area (Å²) in [7, 11) is 1.71. The molecule has 76 valence electrons. The number of ether oxygens (including phenoxy) is 1. The third-order valence-corrected chi connectivity index (χ3v) is 3.58. The lowest BCUT2D eigenvalue weighted by Crippen LogP contribution is -2.13. The summed E-state index contributed by atoms with van der Waals surface area (Å²) in [6.07, 6.45) is 2.54. The van der Waals surface area contributed by atoms with Gasteiger partial charge in [0.15, 0.2) is 0 Å². The molecule has 0 saturated carbocycles. The van der Waals surface area contributed by atoms with Crippen LogP contribution < -0.4 is 10.1 Å².